The summed E-state index contributed by atoms with van der Waals surface area (Å²) in [6, 6.07) is 0. The van der Waals surface area contributed by atoms with E-state index >= 15 is 0 Å². The average molecular weight is 417 g/mol. The van der Waals surface area contributed by atoms with Gasteiger partial charge in [-0.3, -0.25) is 4.79 Å². The Labute approximate surface area is 183 Å². The van der Waals surface area contributed by atoms with Crippen LogP contribution >= 0.6 is 0 Å². The number of hydrogen-bond donors (Lipinski definition) is 2. The van der Waals surface area contributed by atoms with Gasteiger partial charge in [0.05, 0.1) is 12.0 Å². The van der Waals surface area contributed by atoms with Gasteiger partial charge in [-0.25, -0.2) is 0 Å². The molecule has 0 heterocycles. The third-order valence-electron chi connectivity index (χ3n) is 10.3. The van der Waals surface area contributed by atoms with Crippen LogP contribution in [0.4, 0.5) is 0 Å². The summed E-state index contributed by atoms with van der Waals surface area (Å²) in [7, 11) is 0. The van der Waals surface area contributed by atoms with Crippen molar-refractivity contribution in [2.45, 2.75) is 104 Å². The molecule has 30 heavy (non-hydrogen) atoms. The van der Waals surface area contributed by atoms with Crippen LogP contribution in [0.25, 0.3) is 0 Å². The Kier molecular flexibility index (Phi) is 6.16. The van der Waals surface area contributed by atoms with Gasteiger partial charge in [-0.2, -0.15) is 0 Å². The van der Waals surface area contributed by atoms with Crippen LogP contribution in [0.2, 0.25) is 0 Å². The molecular formula is C27H44O3. The van der Waals surface area contributed by atoms with Crippen LogP contribution in [0.1, 0.15) is 98.3 Å². The number of aliphatic carboxylic acids is 1. The highest BCUT2D eigenvalue weighted by Crippen LogP contribution is 2.66. The molecule has 0 aromatic heterocycles. The number of aliphatic hydroxyl groups excluding tert-OH is 1. The summed E-state index contributed by atoms with van der Waals surface area (Å²) in [5, 5.41) is 20.6. The number of carboxylic acid groups (broad SMARTS) is 1. The zero-order valence-corrected chi connectivity index (χ0v) is 19.7. The maximum atomic E-state index is 12.1. The Morgan fingerprint density at radius 3 is 2.50 bits per heavy atom. The summed E-state index contributed by atoms with van der Waals surface area (Å²) in [4.78, 5) is 12.1. The van der Waals surface area contributed by atoms with E-state index in [1.165, 1.54) is 37.7 Å². The van der Waals surface area contributed by atoms with Crippen LogP contribution in [0.15, 0.2) is 11.6 Å². The number of aliphatic hydroxyl groups is 1. The van der Waals surface area contributed by atoms with Crippen LogP contribution in [0.5, 0.6) is 0 Å². The molecular weight excluding hydrogens is 372 g/mol. The monoisotopic (exact) mass is 416 g/mol. The Bertz CT molecular complexity index is 682. The van der Waals surface area contributed by atoms with E-state index in [1.54, 1.807) is 0 Å². The van der Waals surface area contributed by atoms with Gasteiger partial charge in [0.2, 0.25) is 0 Å². The molecule has 8 atom stereocenters. The van der Waals surface area contributed by atoms with Crippen LogP contribution in [0.3, 0.4) is 0 Å². The molecule has 4 aliphatic rings. The number of carboxylic acids is 1. The molecule has 0 spiro atoms. The first kappa shape index (κ1) is 22.4. The molecule has 4 aliphatic carbocycles. The third-order valence-corrected chi connectivity index (χ3v) is 10.3. The highest BCUT2D eigenvalue weighted by atomic mass is 16.4. The molecule has 0 unspecified atom stereocenters. The van der Waals surface area contributed by atoms with Crippen molar-refractivity contribution in [1.82, 2.24) is 0 Å². The molecule has 0 radical (unpaired) electrons. The van der Waals surface area contributed by atoms with Crippen LogP contribution in [-0.2, 0) is 4.79 Å². The van der Waals surface area contributed by atoms with Crippen molar-refractivity contribution in [2.24, 2.45) is 46.3 Å². The van der Waals surface area contributed by atoms with Gasteiger partial charge in [0.25, 0.3) is 0 Å². The summed E-state index contributed by atoms with van der Waals surface area (Å²) < 4.78 is 0. The van der Waals surface area contributed by atoms with Gasteiger partial charge in [-0.15, -0.1) is 0 Å². The lowest BCUT2D eigenvalue weighted by molar-refractivity contribution is -0.141. The highest BCUT2D eigenvalue weighted by molar-refractivity contribution is 5.73. The number of fused-ring (bicyclic) bond motifs is 5. The molecule has 2 N–H and O–H groups in total. The average Bonchev–Trinajstić information content (AvgIpc) is 2.99. The molecule has 3 heteroatoms. The van der Waals surface area contributed by atoms with Gasteiger partial charge in [-0.05, 0) is 98.2 Å². The second-order valence-corrected chi connectivity index (χ2v) is 12.2. The summed E-state index contributed by atoms with van der Waals surface area (Å²) in [5.41, 5.74) is 1.69. The van der Waals surface area contributed by atoms with E-state index in [9.17, 15) is 15.0 Å². The van der Waals surface area contributed by atoms with E-state index in [2.05, 4.69) is 33.8 Å². The maximum Gasteiger partial charge on any atom is 0.310 e. The van der Waals surface area contributed by atoms with E-state index in [0.717, 1.165) is 50.4 Å². The van der Waals surface area contributed by atoms with Gasteiger partial charge in [0.1, 0.15) is 0 Å². The molecule has 0 amide bonds. The molecule has 3 nitrogen and oxygen atoms in total. The minimum absolute atomic E-state index is 0.103. The zero-order chi connectivity index (χ0) is 21.7. The fourth-order valence-electron chi connectivity index (χ4n) is 8.36. The summed E-state index contributed by atoms with van der Waals surface area (Å²) in [6.45, 7) is 9.31. The Balaban J connectivity index is 1.50. The second kappa shape index (κ2) is 8.26. The Hall–Kier alpha value is -0.830. The largest absolute Gasteiger partial charge is 0.481 e. The minimum atomic E-state index is -0.615. The Morgan fingerprint density at radius 1 is 1.07 bits per heavy atom. The molecule has 0 aromatic carbocycles. The SMILES string of the molecule is CC(C)CCC[C@H](C(=O)O)C1=CC[C@@]2(C)[C@@H](CC[C@@H]3[C@@H]2CC[C@]2(C)[C@@H](O)CC[C@@H]32)C1. The van der Waals surface area contributed by atoms with E-state index < -0.39 is 5.97 Å². The predicted octanol–water partition coefficient (Wildman–Crippen LogP) is 6.45. The van der Waals surface area contributed by atoms with Crippen molar-refractivity contribution in [3.63, 3.8) is 0 Å². The number of hydrogen-bond acceptors (Lipinski definition) is 2. The first-order chi connectivity index (χ1) is 14.2. The predicted molar refractivity (Wildman–Crippen MR) is 121 cm³/mol. The zero-order valence-electron chi connectivity index (χ0n) is 19.7. The van der Waals surface area contributed by atoms with Crippen LogP contribution < -0.4 is 0 Å². The molecule has 0 aromatic rings. The molecule has 4 rings (SSSR count). The maximum absolute atomic E-state index is 12.1. The van der Waals surface area contributed by atoms with Crippen molar-refractivity contribution < 1.29 is 15.0 Å². The topological polar surface area (TPSA) is 57.5 Å². The van der Waals surface area contributed by atoms with E-state index in [1.807, 2.05) is 0 Å². The van der Waals surface area contributed by atoms with Crippen LogP contribution in [0, 0.1) is 46.3 Å². The molecule has 0 aliphatic heterocycles. The summed E-state index contributed by atoms with van der Waals surface area (Å²) in [5.74, 6) is 2.60. The number of carbonyl (C=O) groups is 1. The number of allylic oxidation sites excluding steroid dienone is 1. The molecule has 170 valence electrons. The first-order valence-corrected chi connectivity index (χ1v) is 12.8. The van der Waals surface area contributed by atoms with Crippen molar-refractivity contribution in [2.75, 3.05) is 0 Å². The lowest BCUT2D eigenvalue weighted by atomic mass is 9.45. The van der Waals surface area contributed by atoms with E-state index in [4.69, 9.17) is 0 Å². The Morgan fingerprint density at radius 2 is 1.80 bits per heavy atom. The van der Waals surface area contributed by atoms with Crippen LogP contribution in [-0.4, -0.2) is 22.3 Å². The van der Waals surface area contributed by atoms with Gasteiger partial charge < -0.3 is 10.2 Å². The summed E-state index contributed by atoms with van der Waals surface area (Å²) >= 11 is 0. The van der Waals surface area contributed by atoms with Gasteiger partial charge in [-0.1, -0.05) is 52.2 Å². The molecule has 0 bridgehead atoms. The second-order valence-electron chi connectivity index (χ2n) is 12.2. The van der Waals surface area contributed by atoms with Gasteiger partial charge in [0.15, 0.2) is 0 Å². The lowest BCUT2D eigenvalue weighted by Crippen LogP contribution is -2.53. The fourth-order valence-corrected chi connectivity index (χ4v) is 8.36. The molecule has 0 saturated heterocycles. The smallest absolute Gasteiger partial charge is 0.310 e. The highest BCUT2D eigenvalue weighted by Gasteiger charge is 2.59. The van der Waals surface area contributed by atoms with Crippen molar-refractivity contribution in [1.29, 1.82) is 0 Å². The van der Waals surface area contributed by atoms with Gasteiger partial charge >= 0.3 is 5.97 Å². The van der Waals surface area contributed by atoms with Gasteiger partial charge in [0, 0.05) is 0 Å². The molecule has 3 fully saturated rings. The lowest BCUT2D eigenvalue weighted by Gasteiger charge is -2.60. The third kappa shape index (κ3) is 3.67. The van der Waals surface area contributed by atoms with Crippen molar-refractivity contribution in [3.05, 3.63) is 11.6 Å². The van der Waals surface area contributed by atoms with Crippen molar-refractivity contribution >= 4 is 5.97 Å². The standard InChI is InChI=1S/C27H44O3/c1-17(2)6-5-7-20(25(29)30)18-12-14-26(3)19(16-18)8-9-21-22-10-11-24(28)27(22,4)15-13-23(21)26/h12,17,19-24,28H,5-11,13-16H2,1-4H3,(H,29,30)/t19-,20-,21-,22-,23-,24-,26-,27-/m0/s1. The summed E-state index contributed by atoms with van der Waals surface area (Å²) in [6.07, 6.45) is 14.4. The minimum Gasteiger partial charge on any atom is -0.481 e. The molecule has 3 saturated carbocycles. The fraction of sp³-hybridized carbons (Fsp3) is 0.889. The normalized spacial score (nSPS) is 44.1. The van der Waals surface area contributed by atoms with Crippen molar-refractivity contribution in [3.8, 4) is 0 Å². The quantitative estimate of drug-likeness (QED) is 0.489. The first-order valence-electron chi connectivity index (χ1n) is 12.8. The number of rotatable bonds is 6. The van der Waals surface area contributed by atoms with E-state index in [-0.39, 0.29) is 17.4 Å². The van der Waals surface area contributed by atoms with E-state index in [0.29, 0.717) is 23.2 Å².